The van der Waals surface area contributed by atoms with E-state index in [0.29, 0.717) is 0 Å². The van der Waals surface area contributed by atoms with Crippen LogP contribution in [-0.2, 0) is 4.79 Å². The molecule has 0 unspecified atom stereocenters. The van der Waals surface area contributed by atoms with E-state index < -0.39 is 12.2 Å². The summed E-state index contributed by atoms with van der Waals surface area (Å²) in [5.41, 5.74) is 0. The number of carbonyl (C=O) groups is 1. The van der Waals surface area contributed by atoms with Gasteiger partial charge < -0.3 is 0 Å². The highest BCUT2D eigenvalue weighted by atomic mass is 19.4. The third-order valence-electron chi connectivity index (χ3n) is 1.16. The van der Waals surface area contributed by atoms with Crippen LogP contribution in [0.3, 0.4) is 0 Å². The average molecular weight is 139 g/mol. The van der Waals surface area contributed by atoms with E-state index in [-0.39, 0.29) is 17.9 Å². The second-order valence-corrected chi connectivity index (χ2v) is 1.76. The zero-order valence-corrected chi connectivity index (χ0v) is 4.40. The minimum Gasteiger partial charge on any atom is -0.275 e. The first-order valence-corrected chi connectivity index (χ1v) is 2.39. The van der Waals surface area contributed by atoms with Gasteiger partial charge in [-0.2, -0.15) is 0 Å². The molecule has 1 fully saturated rings. The number of rotatable bonds is 0. The van der Waals surface area contributed by atoms with Gasteiger partial charge in [0.25, 0.3) is 0 Å². The van der Waals surface area contributed by atoms with Crippen LogP contribution in [0, 0.1) is 0 Å². The van der Waals surface area contributed by atoms with Crippen LogP contribution in [0.25, 0.3) is 0 Å². The van der Waals surface area contributed by atoms with Crippen molar-refractivity contribution in [3.05, 3.63) is 0 Å². The molecular weight excluding hydrogens is 135 g/mol. The zero-order chi connectivity index (χ0) is 7.07. The number of amides is 1. The highest BCUT2D eigenvalue weighted by Crippen LogP contribution is 2.26. The first kappa shape index (κ1) is 6.38. The Morgan fingerprint density at radius 1 is 1.44 bits per heavy atom. The molecule has 0 aromatic heterocycles. The molecule has 52 valence electrons. The van der Waals surface area contributed by atoms with E-state index in [4.69, 9.17) is 0 Å². The van der Waals surface area contributed by atoms with Crippen LogP contribution in [0.4, 0.5) is 13.2 Å². The lowest BCUT2D eigenvalue weighted by Crippen LogP contribution is -2.51. The predicted molar refractivity (Wildman–Crippen MR) is 22.4 cm³/mol. The van der Waals surface area contributed by atoms with Crippen LogP contribution < -0.4 is 0 Å². The molecule has 0 N–H and O–H groups in total. The Morgan fingerprint density at radius 3 is 2.00 bits per heavy atom. The molecule has 1 amide bonds. The summed E-state index contributed by atoms with van der Waals surface area (Å²) in [6, 6.07) is 0. The Hall–Kier alpha value is -0.740. The molecule has 0 aromatic rings. The highest BCUT2D eigenvalue weighted by Gasteiger charge is 2.45. The molecule has 0 bridgehead atoms. The molecule has 5 heteroatoms. The maximum Gasteiger partial charge on any atom is 0.487 e. The van der Waals surface area contributed by atoms with E-state index >= 15 is 0 Å². The number of carbonyl (C=O) groups excluding carboxylic acids is 1. The van der Waals surface area contributed by atoms with Crippen molar-refractivity contribution < 1.29 is 18.0 Å². The standard InChI is InChI=1S/C4H4F3NO/c5-4(6,7)8-2-1-3(8)9/h1-2H2. The van der Waals surface area contributed by atoms with E-state index in [1.54, 1.807) is 0 Å². The Morgan fingerprint density at radius 2 is 2.00 bits per heavy atom. The summed E-state index contributed by atoms with van der Waals surface area (Å²) in [6.45, 7) is -0.178. The number of likely N-dealkylation sites (tertiary alicyclic amines) is 1. The smallest absolute Gasteiger partial charge is 0.275 e. The van der Waals surface area contributed by atoms with Gasteiger partial charge in [-0.15, -0.1) is 13.2 Å². The number of hydrogen-bond acceptors (Lipinski definition) is 1. The maximum atomic E-state index is 11.5. The van der Waals surface area contributed by atoms with Gasteiger partial charge in [0.15, 0.2) is 0 Å². The zero-order valence-electron chi connectivity index (χ0n) is 4.40. The van der Waals surface area contributed by atoms with Gasteiger partial charge in [0.1, 0.15) is 0 Å². The molecule has 0 radical (unpaired) electrons. The third-order valence-corrected chi connectivity index (χ3v) is 1.16. The van der Waals surface area contributed by atoms with Crippen molar-refractivity contribution >= 4 is 5.91 Å². The molecule has 0 atom stereocenters. The molecule has 1 aliphatic rings. The molecule has 0 aliphatic carbocycles. The first-order chi connectivity index (χ1) is 4.02. The molecule has 1 heterocycles. The molecule has 0 aromatic carbocycles. The Kier molecular flexibility index (Phi) is 1.15. The number of halogens is 3. The van der Waals surface area contributed by atoms with Gasteiger partial charge in [0.05, 0.1) is 0 Å². The van der Waals surface area contributed by atoms with E-state index in [0.717, 1.165) is 0 Å². The minimum absolute atomic E-state index is 0.0273. The summed E-state index contributed by atoms with van der Waals surface area (Å²) < 4.78 is 34.4. The Labute approximate surface area is 49.2 Å². The number of nitrogens with zero attached hydrogens (tertiary/aromatic N) is 1. The van der Waals surface area contributed by atoms with Gasteiger partial charge >= 0.3 is 6.30 Å². The van der Waals surface area contributed by atoms with Gasteiger partial charge in [-0.1, -0.05) is 0 Å². The lowest BCUT2D eigenvalue weighted by molar-refractivity contribution is -0.254. The van der Waals surface area contributed by atoms with Crippen LogP contribution in [0.2, 0.25) is 0 Å². The monoisotopic (exact) mass is 139 g/mol. The molecule has 2 nitrogen and oxygen atoms in total. The number of alkyl halides is 3. The summed E-state index contributed by atoms with van der Waals surface area (Å²) in [5.74, 6) is -0.831. The lowest BCUT2D eigenvalue weighted by Gasteiger charge is -2.31. The fraction of sp³-hybridized carbons (Fsp3) is 0.750. The predicted octanol–water partition coefficient (Wildman–Crippen LogP) is 0.739. The topological polar surface area (TPSA) is 20.3 Å². The average Bonchev–Trinajstić information content (AvgIpc) is 1.57. The SMILES string of the molecule is O=C1CCN1C(F)(F)F. The van der Waals surface area contributed by atoms with Crippen LogP contribution in [0.5, 0.6) is 0 Å². The molecule has 9 heavy (non-hydrogen) atoms. The maximum absolute atomic E-state index is 11.5. The van der Waals surface area contributed by atoms with E-state index in [1.165, 1.54) is 0 Å². The second kappa shape index (κ2) is 1.62. The van der Waals surface area contributed by atoms with Gasteiger partial charge in [0, 0.05) is 13.0 Å². The van der Waals surface area contributed by atoms with E-state index in [2.05, 4.69) is 0 Å². The van der Waals surface area contributed by atoms with Gasteiger partial charge in [0.2, 0.25) is 5.91 Å². The fourth-order valence-electron chi connectivity index (χ4n) is 0.583. The molecule has 1 aliphatic heterocycles. The largest absolute Gasteiger partial charge is 0.487 e. The molecule has 1 rings (SSSR count). The van der Waals surface area contributed by atoms with Crippen molar-refractivity contribution in [3.63, 3.8) is 0 Å². The van der Waals surface area contributed by atoms with Crippen molar-refractivity contribution in [2.45, 2.75) is 12.7 Å². The summed E-state index contributed by atoms with van der Waals surface area (Å²) in [4.78, 5) is 9.98. The first-order valence-electron chi connectivity index (χ1n) is 2.39. The van der Waals surface area contributed by atoms with Crippen molar-refractivity contribution in [2.75, 3.05) is 6.54 Å². The highest BCUT2D eigenvalue weighted by molar-refractivity contribution is 5.81. The van der Waals surface area contributed by atoms with E-state index in [1.807, 2.05) is 0 Å². The number of hydrogen-bond donors (Lipinski definition) is 0. The van der Waals surface area contributed by atoms with Crippen molar-refractivity contribution in [1.29, 1.82) is 0 Å². The van der Waals surface area contributed by atoms with E-state index in [9.17, 15) is 18.0 Å². The van der Waals surface area contributed by atoms with Crippen molar-refractivity contribution in [2.24, 2.45) is 0 Å². The summed E-state index contributed by atoms with van der Waals surface area (Å²) >= 11 is 0. The van der Waals surface area contributed by atoms with Gasteiger partial charge in [-0.3, -0.25) is 9.69 Å². The Bertz CT molecular complexity index is 141. The van der Waals surface area contributed by atoms with Crippen LogP contribution >= 0.6 is 0 Å². The van der Waals surface area contributed by atoms with Crippen molar-refractivity contribution in [1.82, 2.24) is 4.90 Å². The molecular formula is C4H4F3NO. The third kappa shape index (κ3) is 0.988. The molecule has 0 spiro atoms. The molecule has 0 saturated carbocycles. The normalized spacial score (nSPS) is 19.9. The Balaban J connectivity index is 2.54. The summed E-state index contributed by atoms with van der Waals surface area (Å²) in [6.07, 6.45) is -4.42. The van der Waals surface area contributed by atoms with Crippen LogP contribution in [0.15, 0.2) is 0 Å². The lowest BCUT2D eigenvalue weighted by atomic mass is 10.2. The fourth-order valence-corrected chi connectivity index (χ4v) is 0.583. The minimum atomic E-state index is -4.45. The molecule has 1 saturated heterocycles. The second-order valence-electron chi connectivity index (χ2n) is 1.76. The van der Waals surface area contributed by atoms with Gasteiger partial charge in [-0.05, 0) is 0 Å². The summed E-state index contributed by atoms with van der Waals surface area (Å²) in [5, 5.41) is 0. The van der Waals surface area contributed by atoms with Gasteiger partial charge in [-0.25, -0.2) is 0 Å². The summed E-state index contributed by atoms with van der Waals surface area (Å²) in [7, 11) is 0. The van der Waals surface area contributed by atoms with Crippen molar-refractivity contribution in [3.8, 4) is 0 Å². The van der Waals surface area contributed by atoms with Crippen LogP contribution in [0.1, 0.15) is 6.42 Å². The quantitative estimate of drug-likeness (QED) is 0.358. The van der Waals surface area contributed by atoms with Crippen LogP contribution in [-0.4, -0.2) is 23.7 Å². The number of β-lactam (4-membered cyclic amide) rings is 1.